The Morgan fingerprint density at radius 2 is 2.00 bits per heavy atom. The first-order valence-corrected chi connectivity index (χ1v) is 5.64. The zero-order chi connectivity index (χ0) is 10.6. The number of carbonyl (C=O) groups excluding carboxylic acids is 1. The summed E-state index contributed by atoms with van der Waals surface area (Å²) in [5, 5.41) is 0. The van der Waals surface area contributed by atoms with Gasteiger partial charge in [-0.25, -0.2) is 0 Å². The summed E-state index contributed by atoms with van der Waals surface area (Å²) < 4.78 is 0. The first-order valence-electron chi connectivity index (χ1n) is 5.64. The smallest absolute Gasteiger partial charge is 0.164 e. The molecule has 2 aliphatic carbocycles. The summed E-state index contributed by atoms with van der Waals surface area (Å²) in [6, 6.07) is 0. The monoisotopic (exact) mass is 192 g/mol. The minimum atomic E-state index is -0.0386. The average molecular weight is 192 g/mol. The van der Waals surface area contributed by atoms with E-state index in [2.05, 4.69) is 26.8 Å². The summed E-state index contributed by atoms with van der Waals surface area (Å²) >= 11 is 0. The van der Waals surface area contributed by atoms with E-state index in [0.717, 1.165) is 18.4 Å². The highest BCUT2D eigenvalue weighted by atomic mass is 16.1. The SMILES string of the molecule is CC1=C[C@@]2(C(C)C)CC[C@](C)(C2)C1=O. The Bertz CT molecular complexity index is 313. The Labute approximate surface area is 86.6 Å². The van der Waals surface area contributed by atoms with Crippen LogP contribution in [0, 0.1) is 16.7 Å². The van der Waals surface area contributed by atoms with Gasteiger partial charge in [-0.15, -0.1) is 0 Å². The van der Waals surface area contributed by atoms with E-state index in [9.17, 15) is 4.79 Å². The van der Waals surface area contributed by atoms with Gasteiger partial charge in [0, 0.05) is 5.41 Å². The fourth-order valence-corrected chi connectivity index (χ4v) is 3.36. The fraction of sp³-hybridized carbons (Fsp3) is 0.769. The van der Waals surface area contributed by atoms with Gasteiger partial charge in [0.15, 0.2) is 5.78 Å². The maximum Gasteiger partial charge on any atom is 0.164 e. The molecule has 2 bridgehead atoms. The molecule has 0 radical (unpaired) electrons. The van der Waals surface area contributed by atoms with Crippen molar-refractivity contribution < 1.29 is 4.79 Å². The van der Waals surface area contributed by atoms with Crippen LogP contribution in [0.3, 0.4) is 0 Å². The van der Waals surface area contributed by atoms with Crippen molar-refractivity contribution in [3.05, 3.63) is 11.6 Å². The van der Waals surface area contributed by atoms with E-state index in [4.69, 9.17) is 0 Å². The summed E-state index contributed by atoms with van der Waals surface area (Å²) in [7, 11) is 0. The van der Waals surface area contributed by atoms with Crippen LogP contribution in [-0.4, -0.2) is 5.78 Å². The molecule has 0 amide bonds. The molecule has 0 saturated heterocycles. The highest BCUT2D eigenvalue weighted by molar-refractivity contribution is 6.00. The molecule has 78 valence electrons. The molecule has 2 atom stereocenters. The molecule has 0 aromatic rings. The zero-order valence-electron chi connectivity index (χ0n) is 9.68. The van der Waals surface area contributed by atoms with Crippen LogP contribution in [0.15, 0.2) is 11.6 Å². The first-order chi connectivity index (χ1) is 6.40. The lowest BCUT2D eigenvalue weighted by Crippen LogP contribution is -2.34. The Morgan fingerprint density at radius 3 is 2.57 bits per heavy atom. The number of Topliss-reactive ketones (excluding diaryl/α,β-unsaturated/α-hetero) is 1. The summed E-state index contributed by atoms with van der Waals surface area (Å²) in [5.41, 5.74) is 1.29. The van der Waals surface area contributed by atoms with E-state index in [1.54, 1.807) is 0 Å². The van der Waals surface area contributed by atoms with Gasteiger partial charge in [-0.1, -0.05) is 26.8 Å². The number of hydrogen-bond donors (Lipinski definition) is 0. The van der Waals surface area contributed by atoms with Crippen molar-refractivity contribution in [3.63, 3.8) is 0 Å². The maximum atomic E-state index is 12.0. The van der Waals surface area contributed by atoms with Gasteiger partial charge in [0.05, 0.1) is 0 Å². The van der Waals surface area contributed by atoms with Crippen LogP contribution in [0.25, 0.3) is 0 Å². The lowest BCUT2D eigenvalue weighted by molar-refractivity contribution is -0.124. The third kappa shape index (κ3) is 1.11. The minimum Gasteiger partial charge on any atom is -0.294 e. The maximum absolute atomic E-state index is 12.0. The molecular weight excluding hydrogens is 172 g/mol. The molecule has 2 aliphatic rings. The van der Waals surface area contributed by atoms with Crippen molar-refractivity contribution in [2.75, 3.05) is 0 Å². The summed E-state index contributed by atoms with van der Waals surface area (Å²) in [6.45, 7) is 8.70. The van der Waals surface area contributed by atoms with Gasteiger partial charge in [-0.05, 0) is 43.1 Å². The molecule has 0 aromatic carbocycles. The first kappa shape index (κ1) is 9.95. The third-order valence-electron chi connectivity index (χ3n) is 4.42. The molecule has 0 spiro atoms. The summed E-state index contributed by atoms with van der Waals surface area (Å²) in [5.74, 6) is 1.05. The van der Waals surface area contributed by atoms with E-state index in [1.165, 1.54) is 6.42 Å². The van der Waals surface area contributed by atoms with Crippen LogP contribution in [0.4, 0.5) is 0 Å². The normalized spacial score (nSPS) is 41.8. The number of fused-ring (bicyclic) bond motifs is 2. The molecule has 2 rings (SSSR count). The number of rotatable bonds is 1. The van der Waals surface area contributed by atoms with Crippen molar-refractivity contribution >= 4 is 5.78 Å². The molecule has 1 nitrogen and oxygen atoms in total. The predicted molar refractivity (Wildman–Crippen MR) is 58.0 cm³/mol. The predicted octanol–water partition coefficient (Wildman–Crippen LogP) is 3.35. The Morgan fingerprint density at radius 1 is 1.36 bits per heavy atom. The van der Waals surface area contributed by atoms with Crippen molar-refractivity contribution in [2.24, 2.45) is 16.7 Å². The zero-order valence-corrected chi connectivity index (χ0v) is 9.68. The second kappa shape index (κ2) is 2.71. The number of ketones is 1. The molecule has 14 heavy (non-hydrogen) atoms. The molecule has 1 fully saturated rings. The molecule has 0 aliphatic heterocycles. The molecule has 0 N–H and O–H groups in total. The van der Waals surface area contributed by atoms with Crippen LogP contribution in [0.5, 0.6) is 0 Å². The standard InChI is InChI=1S/C13H20O/c1-9(2)13-6-5-12(4,8-13)11(14)10(3)7-13/h7,9H,5-6,8H2,1-4H3/t12-,13+/m1/s1. The fourth-order valence-electron chi connectivity index (χ4n) is 3.36. The topological polar surface area (TPSA) is 17.1 Å². The molecule has 0 unspecified atom stereocenters. The van der Waals surface area contributed by atoms with E-state index in [-0.39, 0.29) is 5.41 Å². The highest BCUT2D eigenvalue weighted by Gasteiger charge is 2.53. The van der Waals surface area contributed by atoms with E-state index in [0.29, 0.717) is 17.1 Å². The van der Waals surface area contributed by atoms with Crippen LogP contribution in [-0.2, 0) is 4.79 Å². The second-order valence-corrected chi connectivity index (χ2v) is 5.78. The van der Waals surface area contributed by atoms with Crippen molar-refractivity contribution in [3.8, 4) is 0 Å². The Kier molecular flexibility index (Phi) is 1.93. The molecule has 1 saturated carbocycles. The second-order valence-electron chi connectivity index (χ2n) is 5.78. The molecule has 0 aromatic heterocycles. The van der Waals surface area contributed by atoms with Crippen molar-refractivity contribution in [1.29, 1.82) is 0 Å². The highest BCUT2D eigenvalue weighted by Crippen LogP contribution is 2.58. The van der Waals surface area contributed by atoms with Gasteiger partial charge < -0.3 is 0 Å². The Balaban J connectivity index is 2.47. The van der Waals surface area contributed by atoms with Crippen LogP contribution < -0.4 is 0 Å². The van der Waals surface area contributed by atoms with Gasteiger partial charge in [0.25, 0.3) is 0 Å². The van der Waals surface area contributed by atoms with Crippen LogP contribution >= 0.6 is 0 Å². The van der Waals surface area contributed by atoms with Gasteiger partial charge in [0.1, 0.15) is 0 Å². The Hall–Kier alpha value is -0.590. The van der Waals surface area contributed by atoms with E-state index >= 15 is 0 Å². The van der Waals surface area contributed by atoms with Gasteiger partial charge in [0.2, 0.25) is 0 Å². The van der Waals surface area contributed by atoms with Gasteiger partial charge in [-0.2, -0.15) is 0 Å². The lowest BCUT2D eigenvalue weighted by Gasteiger charge is -2.37. The van der Waals surface area contributed by atoms with Gasteiger partial charge >= 0.3 is 0 Å². The lowest BCUT2D eigenvalue weighted by atomic mass is 9.66. The van der Waals surface area contributed by atoms with Crippen molar-refractivity contribution in [1.82, 2.24) is 0 Å². The van der Waals surface area contributed by atoms with Crippen LogP contribution in [0.2, 0.25) is 0 Å². The molecule has 0 heterocycles. The molecule has 1 heteroatoms. The van der Waals surface area contributed by atoms with E-state index < -0.39 is 0 Å². The quantitative estimate of drug-likeness (QED) is 0.622. The molecular formula is C13H20O. The largest absolute Gasteiger partial charge is 0.294 e. The van der Waals surface area contributed by atoms with Crippen molar-refractivity contribution in [2.45, 2.75) is 47.0 Å². The average Bonchev–Trinajstić information content (AvgIpc) is 2.40. The van der Waals surface area contributed by atoms with Crippen LogP contribution in [0.1, 0.15) is 47.0 Å². The summed E-state index contributed by atoms with van der Waals surface area (Å²) in [6.07, 6.45) is 5.62. The number of carbonyl (C=O) groups is 1. The van der Waals surface area contributed by atoms with E-state index in [1.807, 2.05) is 6.92 Å². The minimum absolute atomic E-state index is 0.0386. The number of hydrogen-bond acceptors (Lipinski definition) is 1. The summed E-state index contributed by atoms with van der Waals surface area (Å²) in [4.78, 5) is 12.0. The van der Waals surface area contributed by atoms with Gasteiger partial charge in [-0.3, -0.25) is 4.79 Å². The third-order valence-corrected chi connectivity index (χ3v) is 4.42. The number of allylic oxidation sites excluding steroid dienone is 2.